The van der Waals surface area contributed by atoms with E-state index in [1.165, 1.54) is 45.4 Å². The quantitative estimate of drug-likeness (QED) is 0.279. The van der Waals surface area contributed by atoms with Gasteiger partial charge in [0.25, 0.3) is 5.56 Å². The zero-order valence-corrected chi connectivity index (χ0v) is 24.6. The molecule has 0 radical (unpaired) electrons. The maximum absolute atomic E-state index is 13.5. The van der Waals surface area contributed by atoms with Gasteiger partial charge in [-0.1, -0.05) is 41.9 Å². The minimum absolute atomic E-state index is 0.156. The molecule has 2 aromatic carbocycles. The van der Waals surface area contributed by atoms with Crippen LogP contribution in [-0.4, -0.2) is 44.2 Å². The van der Waals surface area contributed by atoms with E-state index in [0.29, 0.717) is 54.2 Å². The molecular weight excluding hydrogens is 554 g/mol. The Hall–Kier alpha value is -3.00. The molecule has 1 N–H and O–H groups in total. The van der Waals surface area contributed by atoms with Gasteiger partial charge in [0, 0.05) is 35.5 Å². The molecule has 7 rings (SSSR count). The van der Waals surface area contributed by atoms with E-state index in [1.807, 2.05) is 28.5 Å². The summed E-state index contributed by atoms with van der Waals surface area (Å²) in [4.78, 5) is 34.2. The monoisotopic (exact) mass is 587 g/mol. The van der Waals surface area contributed by atoms with E-state index in [9.17, 15) is 14.7 Å². The highest BCUT2D eigenvalue weighted by atomic mass is 35.5. The first-order valence-electron chi connectivity index (χ1n) is 14.7. The number of benzene rings is 2. The Morgan fingerprint density at radius 2 is 1.85 bits per heavy atom. The number of aliphatic hydroxyl groups is 1. The third-order valence-electron chi connectivity index (χ3n) is 9.33. The number of hydrogen-bond acceptors (Lipinski definition) is 5. The molecule has 1 saturated carbocycles. The number of carbonyl (C=O) groups is 1. The normalized spacial score (nSPS) is 18.9. The molecule has 41 heavy (non-hydrogen) atoms. The van der Waals surface area contributed by atoms with E-state index < -0.39 is 5.60 Å². The van der Waals surface area contributed by atoms with Crippen molar-refractivity contribution in [3.63, 3.8) is 0 Å². The van der Waals surface area contributed by atoms with Gasteiger partial charge in [0.2, 0.25) is 5.91 Å². The van der Waals surface area contributed by atoms with Crippen molar-refractivity contribution in [2.45, 2.75) is 69.4 Å². The Bertz CT molecular complexity index is 1670. The molecule has 0 spiro atoms. The van der Waals surface area contributed by atoms with Crippen molar-refractivity contribution in [1.82, 2.24) is 14.5 Å². The number of piperidine rings is 1. The largest absolute Gasteiger partial charge is 0.388 e. The molecule has 1 saturated heterocycles. The van der Waals surface area contributed by atoms with Gasteiger partial charge in [-0.25, -0.2) is 4.98 Å². The number of amides is 1. The number of halogens is 1. The molecule has 4 aromatic rings. The lowest BCUT2D eigenvalue weighted by molar-refractivity contribution is -0.136. The molecule has 3 heterocycles. The second-order valence-corrected chi connectivity index (χ2v) is 13.4. The lowest BCUT2D eigenvalue weighted by Crippen LogP contribution is -2.49. The molecule has 1 unspecified atom stereocenters. The van der Waals surface area contributed by atoms with Crippen LogP contribution in [-0.2, 0) is 24.2 Å². The maximum atomic E-state index is 13.5. The lowest BCUT2D eigenvalue weighted by Gasteiger charge is -2.39. The molecule has 2 fully saturated rings. The summed E-state index contributed by atoms with van der Waals surface area (Å²) in [6, 6.07) is 14.6. The number of aryl methyl sites for hydroxylation is 2. The first-order valence-corrected chi connectivity index (χ1v) is 16.0. The predicted octanol–water partition coefficient (Wildman–Crippen LogP) is 6.20. The standard InChI is InChI=1S/C33H34ClN3O3S/c34-28-16-24-8-4-7-23(24)15-26(28)31-30-27(18-41-31)32(39)37(20-35-30)19-33(40)11-13-36(14-12-33)29(38)17-25(22-9-10-22)21-5-2-1-3-6-21/h1-3,5-6,15-16,18,20,22,25,40H,4,7-14,17,19H2. The highest BCUT2D eigenvalue weighted by Gasteiger charge is 2.38. The van der Waals surface area contributed by atoms with E-state index >= 15 is 0 Å². The molecule has 2 aliphatic carbocycles. The second-order valence-electron chi connectivity index (χ2n) is 12.1. The van der Waals surface area contributed by atoms with Gasteiger partial charge < -0.3 is 10.0 Å². The topological polar surface area (TPSA) is 75.4 Å². The number of nitrogens with zero attached hydrogens (tertiary/aromatic N) is 3. The maximum Gasteiger partial charge on any atom is 0.262 e. The van der Waals surface area contributed by atoms with Gasteiger partial charge in [0.15, 0.2) is 0 Å². The molecule has 1 atom stereocenters. The number of carbonyl (C=O) groups excluding carboxylic acids is 1. The van der Waals surface area contributed by atoms with Crippen molar-refractivity contribution >= 4 is 39.7 Å². The van der Waals surface area contributed by atoms with Gasteiger partial charge in [-0.2, -0.15) is 0 Å². The van der Waals surface area contributed by atoms with Crippen LogP contribution < -0.4 is 5.56 Å². The van der Waals surface area contributed by atoms with Gasteiger partial charge >= 0.3 is 0 Å². The highest BCUT2D eigenvalue weighted by Crippen LogP contribution is 2.45. The average molecular weight is 588 g/mol. The van der Waals surface area contributed by atoms with Crippen molar-refractivity contribution in [1.29, 1.82) is 0 Å². The Morgan fingerprint density at radius 1 is 1.12 bits per heavy atom. The van der Waals surface area contributed by atoms with Crippen molar-refractivity contribution in [2.24, 2.45) is 5.92 Å². The van der Waals surface area contributed by atoms with Gasteiger partial charge in [0.05, 0.1) is 34.3 Å². The van der Waals surface area contributed by atoms with E-state index in [4.69, 9.17) is 11.6 Å². The van der Waals surface area contributed by atoms with Crippen LogP contribution in [0.15, 0.2) is 59.0 Å². The summed E-state index contributed by atoms with van der Waals surface area (Å²) in [5.41, 5.74) is 4.26. The van der Waals surface area contributed by atoms with Crippen LogP contribution in [0.5, 0.6) is 0 Å². The summed E-state index contributed by atoms with van der Waals surface area (Å²) in [5.74, 6) is 1.01. The zero-order valence-electron chi connectivity index (χ0n) is 23.0. The molecule has 3 aliphatic rings. The first-order chi connectivity index (χ1) is 19.9. The summed E-state index contributed by atoms with van der Waals surface area (Å²) < 4.78 is 1.53. The number of rotatable bonds is 7. The fraction of sp³-hybridized carbons (Fsp3) is 0.424. The van der Waals surface area contributed by atoms with Gasteiger partial charge in [-0.05, 0) is 85.6 Å². The minimum Gasteiger partial charge on any atom is -0.388 e. The molecule has 2 aromatic heterocycles. The summed E-state index contributed by atoms with van der Waals surface area (Å²) >= 11 is 8.15. The Balaban J connectivity index is 1.04. The van der Waals surface area contributed by atoms with Crippen molar-refractivity contribution in [2.75, 3.05) is 13.1 Å². The summed E-state index contributed by atoms with van der Waals surface area (Å²) in [7, 11) is 0. The minimum atomic E-state index is -1.06. The van der Waals surface area contributed by atoms with Crippen LogP contribution >= 0.6 is 22.9 Å². The molecule has 212 valence electrons. The van der Waals surface area contributed by atoms with Gasteiger partial charge in [-0.3, -0.25) is 14.2 Å². The highest BCUT2D eigenvalue weighted by molar-refractivity contribution is 7.15. The Kier molecular flexibility index (Phi) is 7.00. The SMILES string of the molecule is O=C(CC(c1ccccc1)C1CC1)N1CCC(O)(Cn2cnc3c(-c4cc5c(cc4Cl)CCC5)scc3c2=O)CC1. The molecule has 1 amide bonds. The number of likely N-dealkylation sites (tertiary alicyclic amines) is 1. The van der Waals surface area contributed by atoms with E-state index in [0.717, 1.165) is 29.7 Å². The zero-order chi connectivity index (χ0) is 28.1. The van der Waals surface area contributed by atoms with E-state index in [2.05, 4.69) is 29.2 Å². The van der Waals surface area contributed by atoms with Crippen LogP contribution in [0.25, 0.3) is 21.3 Å². The second kappa shape index (κ2) is 10.7. The van der Waals surface area contributed by atoms with Crippen LogP contribution in [0.3, 0.4) is 0 Å². The predicted molar refractivity (Wildman–Crippen MR) is 164 cm³/mol. The third-order valence-corrected chi connectivity index (χ3v) is 10.6. The first kappa shape index (κ1) is 26.9. The summed E-state index contributed by atoms with van der Waals surface area (Å²) in [6.45, 7) is 1.15. The van der Waals surface area contributed by atoms with Crippen molar-refractivity contribution < 1.29 is 9.90 Å². The molecule has 8 heteroatoms. The number of hydrogen-bond donors (Lipinski definition) is 1. The van der Waals surface area contributed by atoms with Crippen LogP contribution in [0.4, 0.5) is 0 Å². The number of thiophene rings is 1. The summed E-state index contributed by atoms with van der Waals surface area (Å²) in [6.07, 6.45) is 8.57. The summed E-state index contributed by atoms with van der Waals surface area (Å²) in [5, 5.41) is 14.5. The molecular formula is C33H34ClN3O3S. The molecule has 0 bridgehead atoms. The van der Waals surface area contributed by atoms with Crippen LogP contribution in [0, 0.1) is 5.92 Å². The molecule has 1 aliphatic heterocycles. The lowest BCUT2D eigenvalue weighted by atomic mass is 9.88. The third kappa shape index (κ3) is 5.24. The number of aromatic nitrogens is 2. The Labute approximate surface area is 248 Å². The van der Waals surface area contributed by atoms with E-state index in [1.54, 1.807) is 6.33 Å². The fourth-order valence-electron chi connectivity index (χ4n) is 6.76. The molecule has 6 nitrogen and oxygen atoms in total. The van der Waals surface area contributed by atoms with Crippen molar-refractivity contribution in [3.8, 4) is 10.4 Å². The number of fused-ring (bicyclic) bond motifs is 2. The van der Waals surface area contributed by atoms with Gasteiger partial charge in [-0.15, -0.1) is 11.3 Å². The van der Waals surface area contributed by atoms with Crippen LogP contribution in [0.1, 0.15) is 61.1 Å². The van der Waals surface area contributed by atoms with E-state index in [-0.39, 0.29) is 23.9 Å². The van der Waals surface area contributed by atoms with Gasteiger partial charge in [0.1, 0.15) is 0 Å². The smallest absolute Gasteiger partial charge is 0.262 e. The average Bonchev–Trinajstić information content (AvgIpc) is 3.56. The Morgan fingerprint density at radius 3 is 2.59 bits per heavy atom. The van der Waals surface area contributed by atoms with Crippen LogP contribution in [0.2, 0.25) is 5.02 Å². The van der Waals surface area contributed by atoms with Crippen molar-refractivity contribution in [3.05, 3.63) is 86.2 Å². The fourth-order valence-corrected chi connectivity index (χ4v) is 8.11.